The minimum atomic E-state index is 0.390. The number of hydrogen-bond donors (Lipinski definition) is 2. The molecule has 0 amide bonds. The molecule has 0 radical (unpaired) electrons. The number of rotatable bonds is 4. The van der Waals surface area contributed by atoms with Gasteiger partial charge in [-0.05, 0) is 37.7 Å². The Kier molecular flexibility index (Phi) is 4.48. The second-order valence-corrected chi connectivity index (χ2v) is 8.22. The Hall–Kier alpha value is -1.55. The lowest BCUT2D eigenvalue weighted by Gasteiger charge is -2.63. The summed E-state index contributed by atoms with van der Waals surface area (Å²) in [5, 5.41) is 7.29. The molecular weight excluding hydrogens is 310 g/mol. The van der Waals surface area contributed by atoms with Crippen molar-refractivity contribution in [3.05, 3.63) is 35.4 Å². The van der Waals surface area contributed by atoms with Gasteiger partial charge in [-0.25, -0.2) is 0 Å². The molecule has 1 aromatic rings. The zero-order valence-electron chi connectivity index (χ0n) is 15.7. The first-order chi connectivity index (χ1) is 12.1. The van der Waals surface area contributed by atoms with Gasteiger partial charge < -0.3 is 15.4 Å². The van der Waals surface area contributed by atoms with Gasteiger partial charge in [0.1, 0.15) is 0 Å². The topological polar surface area (TPSA) is 45.7 Å². The molecule has 2 saturated carbocycles. The van der Waals surface area contributed by atoms with Crippen LogP contribution in [0.5, 0.6) is 0 Å². The molecule has 2 aliphatic carbocycles. The average molecular weight is 341 g/mol. The van der Waals surface area contributed by atoms with Crippen LogP contribution in [0.2, 0.25) is 0 Å². The minimum absolute atomic E-state index is 0.390. The van der Waals surface area contributed by atoms with Crippen LogP contribution in [-0.4, -0.2) is 38.3 Å². The lowest BCUT2D eigenvalue weighted by Crippen LogP contribution is -2.72. The molecule has 4 atom stereocenters. The summed E-state index contributed by atoms with van der Waals surface area (Å²) in [7, 11) is 1.88. The fourth-order valence-corrected chi connectivity index (χ4v) is 5.06. The number of hydrogen-bond acceptors (Lipinski definition) is 2. The first-order valence-corrected chi connectivity index (χ1v) is 9.79. The number of aryl methyl sites for hydroxylation is 1. The molecule has 3 fully saturated rings. The van der Waals surface area contributed by atoms with Crippen molar-refractivity contribution in [1.29, 1.82) is 0 Å². The quantitative estimate of drug-likeness (QED) is 0.653. The Bertz CT molecular complexity index is 635. The molecule has 136 valence electrons. The number of guanidine groups is 1. The van der Waals surface area contributed by atoms with E-state index in [0.717, 1.165) is 19.1 Å². The maximum Gasteiger partial charge on any atom is 0.191 e. The van der Waals surface area contributed by atoms with Crippen molar-refractivity contribution in [2.24, 2.45) is 16.3 Å². The second-order valence-electron chi connectivity index (χ2n) is 8.22. The third-order valence-electron chi connectivity index (χ3n) is 6.77. The molecular formula is C21H31N3O. The number of nitrogens with zero attached hydrogens (tertiary/aromatic N) is 1. The van der Waals surface area contributed by atoms with Crippen molar-refractivity contribution >= 4 is 5.96 Å². The molecule has 25 heavy (non-hydrogen) atoms. The highest BCUT2D eigenvalue weighted by Gasteiger charge is 2.66. The largest absolute Gasteiger partial charge is 0.377 e. The first-order valence-electron chi connectivity index (χ1n) is 9.79. The van der Waals surface area contributed by atoms with Crippen LogP contribution in [0.3, 0.4) is 0 Å². The lowest BCUT2D eigenvalue weighted by molar-refractivity contribution is -0.171. The fourth-order valence-electron chi connectivity index (χ4n) is 5.06. The molecule has 1 aromatic carbocycles. The first kappa shape index (κ1) is 16.9. The van der Waals surface area contributed by atoms with Gasteiger partial charge in [0.25, 0.3) is 0 Å². The molecule has 1 aliphatic heterocycles. The highest BCUT2D eigenvalue weighted by Crippen LogP contribution is 2.62. The van der Waals surface area contributed by atoms with Crippen molar-refractivity contribution in [2.75, 3.05) is 20.2 Å². The van der Waals surface area contributed by atoms with Crippen molar-refractivity contribution in [3.8, 4) is 0 Å². The average Bonchev–Trinajstić information content (AvgIpc) is 2.99. The maximum atomic E-state index is 6.02. The third-order valence-corrected chi connectivity index (χ3v) is 6.77. The summed E-state index contributed by atoms with van der Waals surface area (Å²) in [5.41, 5.74) is 3.07. The molecule has 4 rings (SSSR count). The summed E-state index contributed by atoms with van der Waals surface area (Å²) in [4.78, 5) is 4.48. The molecule has 4 heteroatoms. The molecule has 1 heterocycles. The van der Waals surface area contributed by atoms with E-state index >= 15 is 0 Å². The summed E-state index contributed by atoms with van der Waals surface area (Å²) in [6.45, 7) is 6.23. The van der Waals surface area contributed by atoms with Crippen LogP contribution in [0.25, 0.3) is 0 Å². The Morgan fingerprint density at radius 2 is 2.08 bits per heavy atom. The fraction of sp³-hybridized carbons (Fsp3) is 0.667. The Balaban J connectivity index is 1.34. The predicted octanol–water partition coefficient (Wildman–Crippen LogP) is 3.22. The van der Waals surface area contributed by atoms with E-state index in [0.29, 0.717) is 29.4 Å². The number of benzene rings is 1. The van der Waals surface area contributed by atoms with Crippen molar-refractivity contribution in [3.63, 3.8) is 0 Å². The molecule has 1 spiro atoms. The van der Waals surface area contributed by atoms with Crippen LogP contribution >= 0.6 is 0 Å². The number of ether oxygens (including phenoxy) is 1. The molecule has 4 nitrogen and oxygen atoms in total. The van der Waals surface area contributed by atoms with Crippen LogP contribution < -0.4 is 10.6 Å². The standard InChI is InChI=1S/C21H31N3O/c1-14-5-7-16(8-6-14)15(2)13-23-20(22-3)24-18-17-9-12-25-19(17)21(18)10-4-11-21/h5-8,15,17-19H,4,9-13H2,1-3H3,(H2,22,23,24). The van der Waals surface area contributed by atoms with E-state index in [4.69, 9.17) is 4.74 Å². The second kappa shape index (κ2) is 6.64. The summed E-state index contributed by atoms with van der Waals surface area (Å²) >= 11 is 0. The van der Waals surface area contributed by atoms with Crippen LogP contribution in [0.1, 0.15) is 49.7 Å². The van der Waals surface area contributed by atoms with Gasteiger partial charge in [0.2, 0.25) is 0 Å². The van der Waals surface area contributed by atoms with E-state index < -0.39 is 0 Å². The summed E-state index contributed by atoms with van der Waals surface area (Å²) < 4.78 is 6.02. The van der Waals surface area contributed by atoms with Crippen LogP contribution in [0.4, 0.5) is 0 Å². The van der Waals surface area contributed by atoms with E-state index in [9.17, 15) is 0 Å². The molecule has 0 aromatic heterocycles. The summed E-state index contributed by atoms with van der Waals surface area (Å²) in [6.07, 6.45) is 5.66. The van der Waals surface area contributed by atoms with E-state index in [-0.39, 0.29) is 0 Å². The molecule has 1 saturated heterocycles. The Labute approximate surface area is 151 Å². The van der Waals surface area contributed by atoms with E-state index in [1.54, 1.807) is 0 Å². The normalized spacial score (nSPS) is 31.0. The maximum absolute atomic E-state index is 6.02. The van der Waals surface area contributed by atoms with Gasteiger partial charge in [-0.1, -0.05) is 43.2 Å². The molecule has 2 N–H and O–H groups in total. The smallest absolute Gasteiger partial charge is 0.191 e. The van der Waals surface area contributed by atoms with Gasteiger partial charge in [-0.3, -0.25) is 4.99 Å². The van der Waals surface area contributed by atoms with E-state index in [2.05, 4.69) is 53.7 Å². The molecule has 0 bridgehead atoms. The van der Waals surface area contributed by atoms with E-state index in [1.165, 1.54) is 36.8 Å². The minimum Gasteiger partial charge on any atom is -0.377 e. The van der Waals surface area contributed by atoms with Crippen molar-refractivity contribution in [2.45, 2.75) is 57.6 Å². The Morgan fingerprint density at radius 3 is 2.72 bits per heavy atom. The van der Waals surface area contributed by atoms with Gasteiger partial charge in [0.15, 0.2) is 5.96 Å². The van der Waals surface area contributed by atoms with Crippen molar-refractivity contribution in [1.82, 2.24) is 10.6 Å². The van der Waals surface area contributed by atoms with Gasteiger partial charge in [0.05, 0.1) is 6.10 Å². The number of aliphatic imine (C=N–C) groups is 1. The predicted molar refractivity (Wildman–Crippen MR) is 102 cm³/mol. The van der Waals surface area contributed by atoms with Gasteiger partial charge in [0, 0.05) is 37.6 Å². The number of nitrogens with one attached hydrogen (secondary N) is 2. The van der Waals surface area contributed by atoms with Crippen LogP contribution in [0.15, 0.2) is 29.3 Å². The molecule has 4 unspecified atom stereocenters. The third kappa shape index (κ3) is 2.84. The highest BCUT2D eigenvalue weighted by molar-refractivity contribution is 5.80. The zero-order valence-corrected chi connectivity index (χ0v) is 15.7. The number of fused-ring (bicyclic) bond motifs is 2. The monoisotopic (exact) mass is 341 g/mol. The van der Waals surface area contributed by atoms with Crippen molar-refractivity contribution < 1.29 is 4.74 Å². The summed E-state index contributed by atoms with van der Waals surface area (Å²) in [6, 6.07) is 9.37. The Morgan fingerprint density at radius 1 is 1.32 bits per heavy atom. The lowest BCUT2D eigenvalue weighted by atomic mass is 9.46. The van der Waals surface area contributed by atoms with Gasteiger partial charge in [-0.15, -0.1) is 0 Å². The van der Waals surface area contributed by atoms with Gasteiger partial charge >= 0.3 is 0 Å². The van der Waals surface area contributed by atoms with Crippen LogP contribution in [-0.2, 0) is 4.74 Å². The zero-order chi connectivity index (χ0) is 17.4. The SMILES string of the molecule is CN=C(NCC(C)c1ccc(C)cc1)NC1C2CCOC2C12CCC2. The summed E-state index contributed by atoms with van der Waals surface area (Å²) in [5.74, 6) is 2.08. The van der Waals surface area contributed by atoms with Gasteiger partial charge in [-0.2, -0.15) is 0 Å². The van der Waals surface area contributed by atoms with Crippen LogP contribution in [0, 0.1) is 18.3 Å². The highest BCUT2D eigenvalue weighted by atomic mass is 16.5. The van der Waals surface area contributed by atoms with E-state index in [1.807, 2.05) is 7.05 Å². The molecule has 3 aliphatic rings.